The fraction of sp³-hybridized carbons (Fsp3) is 0.273. The quantitative estimate of drug-likeness (QED) is 0.143. The molecule has 13 nitrogen and oxygen atoms in total. The number of amides is 3. The van der Waals surface area contributed by atoms with Gasteiger partial charge in [-0.05, 0) is 42.3 Å². The van der Waals surface area contributed by atoms with Gasteiger partial charge < -0.3 is 35.1 Å². The van der Waals surface area contributed by atoms with Crippen molar-refractivity contribution in [2.75, 3.05) is 13.2 Å². The van der Waals surface area contributed by atoms with E-state index in [-0.39, 0.29) is 57.2 Å². The Balaban J connectivity index is 1.35. The number of nitrogens with one attached hydrogen (secondary N) is 3. The first-order chi connectivity index (χ1) is 22.2. The van der Waals surface area contributed by atoms with E-state index >= 15 is 0 Å². The van der Waals surface area contributed by atoms with Crippen LogP contribution < -0.4 is 10.6 Å². The summed E-state index contributed by atoms with van der Waals surface area (Å²) in [4.78, 5) is 70.9. The van der Waals surface area contributed by atoms with Crippen molar-refractivity contribution in [3.63, 3.8) is 0 Å². The predicted molar refractivity (Wildman–Crippen MR) is 166 cm³/mol. The van der Waals surface area contributed by atoms with Crippen molar-refractivity contribution in [2.24, 2.45) is 0 Å². The van der Waals surface area contributed by atoms with Crippen molar-refractivity contribution in [3.05, 3.63) is 101 Å². The lowest BCUT2D eigenvalue weighted by molar-refractivity contribution is -0.146. The fourth-order valence-electron chi connectivity index (χ4n) is 4.48. The fourth-order valence-corrected chi connectivity index (χ4v) is 4.48. The standard InChI is InChI=1S/C33H35N5O8/c1-2-45-30(40)17-16-29(39)38(20-28-35-25-10-6-7-11-26(25)36-28)19-22-12-14-24(15-13-22)31(41)34-18-27(32(42)43)37-33(44)46-21-23-8-4-3-5-9-23/h3-15,27H,2,16-21H2,1H3,(H,34,41)(H,35,36)(H,37,44)(H,42,43). The first-order valence-electron chi connectivity index (χ1n) is 14.7. The average molecular weight is 630 g/mol. The first-order valence-corrected chi connectivity index (χ1v) is 14.7. The molecular weight excluding hydrogens is 594 g/mol. The number of hydrogen-bond donors (Lipinski definition) is 4. The van der Waals surface area contributed by atoms with Gasteiger partial charge >= 0.3 is 18.0 Å². The summed E-state index contributed by atoms with van der Waals surface area (Å²) in [5.74, 6) is -2.05. The predicted octanol–water partition coefficient (Wildman–Crippen LogP) is 3.54. The Labute approximate surface area is 264 Å². The molecule has 4 N–H and O–H groups in total. The molecule has 1 aromatic heterocycles. The summed E-state index contributed by atoms with van der Waals surface area (Å²) in [6.07, 6.45) is -1.03. The van der Waals surface area contributed by atoms with Crippen LogP contribution >= 0.6 is 0 Å². The zero-order chi connectivity index (χ0) is 32.9. The van der Waals surface area contributed by atoms with Gasteiger partial charge in [-0.25, -0.2) is 14.6 Å². The van der Waals surface area contributed by atoms with Crippen molar-refractivity contribution < 1.29 is 38.6 Å². The molecule has 0 aliphatic rings. The molecule has 0 bridgehead atoms. The number of carboxylic acids is 1. The number of carboxylic acid groups (broad SMARTS) is 1. The number of ether oxygens (including phenoxy) is 2. The third-order valence-electron chi connectivity index (χ3n) is 6.84. The molecule has 13 heteroatoms. The van der Waals surface area contributed by atoms with Crippen LogP contribution in [-0.4, -0.2) is 69.0 Å². The van der Waals surface area contributed by atoms with Crippen LogP contribution in [0.5, 0.6) is 0 Å². The van der Waals surface area contributed by atoms with Gasteiger partial charge in [0.25, 0.3) is 5.91 Å². The number of carbonyl (C=O) groups excluding carboxylic acids is 4. The minimum atomic E-state index is -1.42. The van der Waals surface area contributed by atoms with Gasteiger partial charge in [-0.3, -0.25) is 14.4 Å². The van der Waals surface area contributed by atoms with Gasteiger partial charge in [0.2, 0.25) is 5.91 Å². The number of esters is 1. The molecule has 240 valence electrons. The summed E-state index contributed by atoms with van der Waals surface area (Å²) in [5.41, 5.74) is 3.28. The normalized spacial score (nSPS) is 11.3. The number of nitrogens with zero attached hydrogens (tertiary/aromatic N) is 2. The van der Waals surface area contributed by atoms with E-state index in [1.807, 2.05) is 30.3 Å². The zero-order valence-corrected chi connectivity index (χ0v) is 25.2. The number of benzene rings is 3. The molecule has 3 aromatic carbocycles. The van der Waals surface area contributed by atoms with E-state index in [1.54, 1.807) is 60.4 Å². The van der Waals surface area contributed by atoms with Crippen LogP contribution in [0.25, 0.3) is 11.0 Å². The molecule has 4 aromatic rings. The van der Waals surface area contributed by atoms with Crippen LogP contribution in [0.3, 0.4) is 0 Å². The summed E-state index contributed by atoms with van der Waals surface area (Å²) >= 11 is 0. The molecule has 0 aliphatic heterocycles. The number of alkyl carbamates (subject to hydrolysis) is 1. The minimum Gasteiger partial charge on any atom is -0.480 e. The number of carbonyl (C=O) groups is 5. The van der Waals surface area contributed by atoms with E-state index in [0.29, 0.717) is 11.4 Å². The third kappa shape index (κ3) is 9.91. The monoisotopic (exact) mass is 629 g/mol. The van der Waals surface area contributed by atoms with Gasteiger partial charge in [0.1, 0.15) is 18.5 Å². The number of aromatic nitrogens is 2. The summed E-state index contributed by atoms with van der Waals surface area (Å²) in [5, 5.41) is 14.3. The smallest absolute Gasteiger partial charge is 0.408 e. The second-order valence-corrected chi connectivity index (χ2v) is 10.3. The van der Waals surface area contributed by atoms with Crippen LogP contribution in [-0.2, 0) is 43.6 Å². The Morgan fingerprint density at radius 2 is 1.59 bits per heavy atom. The topological polar surface area (TPSA) is 180 Å². The highest BCUT2D eigenvalue weighted by Gasteiger charge is 2.22. The Kier molecular flexibility index (Phi) is 11.8. The van der Waals surface area contributed by atoms with E-state index in [1.165, 1.54) is 0 Å². The summed E-state index contributed by atoms with van der Waals surface area (Å²) in [7, 11) is 0. The van der Waals surface area contributed by atoms with Gasteiger partial charge in [0, 0.05) is 25.1 Å². The van der Waals surface area contributed by atoms with E-state index in [9.17, 15) is 29.1 Å². The molecular formula is C33H35N5O8. The molecule has 0 fully saturated rings. The summed E-state index contributed by atoms with van der Waals surface area (Å²) in [6, 6.07) is 21.4. The highest BCUT2D eigenvalue weighted by molar-refractivity contribution is 5.94. The number of aromatic amines is 1. The molecule has 4 rings (SSSR count). The number of aliphatic carboxylic acids is 1. The third-order valence-corrected chi connectivity index (χ3v) is 6.84. The lowest BCUT2D eigenvalue weighted by atomic mass is 10.1. The molecule has 0 radical (unpaired) electrons. The highest BCUT2D eigenvalue weighted by Crippen LogP contribution is 2.16. The van der Waals surface area contributed by atoms with E-state index in [2.05, 4.69) is 20.6 Å². The number of rotatable bonds is 15. The maximum atomic E-state index is 13.2. The van der Waals surface area contributed by atoms with E-state index in [0.717, 1.165) is 16.6 Å². The summed E-state index contributed by atoms with van der Waals surface area (Å²) in [6.45, 7) is 1.85. The second-order valence-electron chi connectivity index (χ2n) is 10.3. The highest BCUT2D eigenvalue weighted by atomic mass is 16.5. The first kappa shape index (κ1) is 33.2. The Bertz CT molecular complexity index is 1620. The minimum absolute atomic E-state index is 0.0373. The Morgan fingerprint density at radius 1 is 0.870 bits per heavy atom. The molecule has 3 amide bonds. The van der Waals surface area contributed by atoms with E-state index < -0.39 is 30.0 Å². The molecule has 1 unspecified atom stereocenters. The van der Waals surface area contributed by atoms with Crippen LogP contribution in [0, 0.1) is 0 Å². The zero-order valence-electron chi connectivity index (χ0n) is 25.2. The molecule has 1 atom stereocenters. The lowest BCUT2D eigenvalue weighted by Crippen LogP contribution is -2.48. The van der Waals surface area contributed by atoms with Gasteiger partial charge in [-0.2, -0.15) is 0 Å². The van der Waals surface area contributed by atoms with Crippen molar-refractivity contribution in [1.29, 1.82) is 0 Å². The molecule has 0 saturated heterocycles. The molecule has 0 spiro atoms. The number of imidazole rings is 1. The average Bonchev–Trinajstić information content (AvgIpc) is 3.47. The molecule has 0 aliphatic carbocycles. The van der Waals surface area contributed by atoms with Crippen LogP contribution in [0.15, 0.2) is 78.9 Å². The van der Waals surface area contributed by atoms with E-state index in [4.69, 9.17) is 9.47 Å². The largest absolute Gasteiger partial charge is 0.480 e. The summed E-state index contributed by atoms with van der Waals surface area (Å²) < 4.78 is 10.0. The number of H-pyrrole nitrogens is 1. The lowest BCUT2D eigenvalue weighted by Gasteiger charge is -2.22. The van der Waals surface area contributed by atoms with Crippen molar-refractivity contribution in [3.8, 4) is 0 Å². The van der Waals surface area contributed by atoms with Crippen LogP contribution in [0.2, 0.25) is 0 Å². The number of fused-ring (bicyclic) bond motifs is 1. The Morgan fingerprint density at radius 3 is 2.28 bits per heavy atom. The maximum Gasteiger partial charge on any atom is 0.408 e. The maximum absolute atomic E-state index is 13.2. The van der Waals surface area contributed by atoms with Gasteiger partial charge in [0.05, 0.1) is 30.6 Å². The van der Waals surface area contributed by atoms with Gasteiger partial charge in [-0.15, -0.1) is 0 Å². The van der Waals surface area contributed by atoms with Gasteiger partial charge in [0.15, 0.2) is 0 Å². The van der Waals surface area contributed by atoms with Crippen LogP contribution in [0.4, 0.5) is 4.79 Å². The Hall–Kier alpha value is -5.72. The van der Waals surface area contributed by atoms with Gasteiger partial charge in [-0.1, -0.05) is 54.6 Å². The molecule has 46 heavy (non-hydrogen) atoms. The van der Waals surface area contributed by atoms with Crippen molar-refractivity contribution >= 4 is 40.9 Å². The van der Waals surface area contributed by atoms with Crippen LogP contribution in [0.1, 0.15) is 47.1 Å². The SMILES string of the molecule is CCOC(=O)CCC(=O)N(Cc1ccc(C(=O)NCC(NC(=O)OCc2ccccc2)C(=O)O)cc1)Cc1nc2ccccc2[nH]1. The molecule has 0 saturated carbocycles. The number of hydrogen-bond acceptors (Lipinski definition) is 8. The second kappa shape index (κ2) is 16.4. The molecule has 1 heterocycles. The van der Waals surface area contributed by atoms with Crippen molar-refractivity contribution in [1.82, 2.24) is 25.5 Å². The van der Waals surface area contributed by atoms with Crippen molar-refractivity contribution in [2.45, 2.75) is 45.5 Å². The number of para-hydroxylation sites is 2.